The molecule has 5 nitrogen and oxygen atoms in total. The average Bonchev–Trinajstić information content (AvgIpc) is 2.81. The summed E-state index contributed by atoms with van der Waals surface area (Å²) in [5.74, 6) is -0.500. The van der Waals surface area contributed by atoms with Crippen molar-refractivity contribution in [3.05, 3.63) is 77.9 Å². The van der Waals surface area contributed by atoms with E-state index in [0.29, 0.717) is 11.3 Å². The van der Waals surface area contributed by atoms with E-state index in [2.05, 4.69) is 44.5 Å². The van der Waals surface area contributed by atoms with Gasteiger partial charge in [-0.3, -0.25) is 0 Å². The molecule has 0 saturated heterocycles. The van der Waals surface area contributed by atoms with Gasteiger partial charge in [0.25, 0.3) is 0 Å². The van der Waals surface area contributed by atoms with Gasteiger partial charge in [-0.15, -0.1) is 5.48 Å². The number of hydrogen-bond donors (Lipinski definition) is 0. The van der Waals surface area contributed by atoms with Crippen LogP contribution in [0.15, 0.2) is 66.7 Å². The number of esters is 1. The van der Waals surface area contributed by atoms with Crippen LogP contribution in [0.5, 0.6) is 0 Å². The zero-order valence-electron chi connectivity index (χ0n) is 20.0. The maximum atomic E-state index is 12.0. The predicted octanol–water partition coefficient (Wildman–Crippen LogP) is 6.31. The van der Waals surface area contributed by atoms with Crippen molar-refractivity contribution in [2.75, 3.05) is 7.11 Å². The molecule has 0 aliphatic rings. The molecule has 0 amide bonds. The van der Waals surface area contributed by atoms with Gasteiger partial charge in [0.15, 0.2) is 5.60 Å². The lowest BCUT2D eigenvalue weighted by Crippen LogP contribution is -2.37. The van der Waals surface area contributed by atoms with Crippen LogP contribution >= 0.6 is 0 Å². The molecule has 0 aliphatic heterocycles. The van der Waals surface area contributed by atoms with Crippen LogP contribution in [0.4, 0.5) is 5.69 Å². The van der Waals surface area contributed by atoms with Gasteiger partial charge in [-0.1, -0.05) is 63.2 Å². The number of carbonyl (C=O) groups is 1. The minimum atomic E-state index is -1.21. The van der Waals surface area contributed by atoms with Gasteiger partial charge in [-0.2, -0.15) is 5.26 Å². The van der Waals surface area contributed by atoms with E-state index in [-0.39, 0.29) is 5.41 Å². The zero-order valence-corrected chi connectivity index (χ0v) is 20.0. The van der Waals surface area contributed by atoms with Gasteiger partial charge in [-0.05, 0) is 71.3 Å². The third-order valence-corrected chi connectivity index (χ3v) is 5.37. The van der Waals surface area contributed by atoms with Gasteiger partial charge in [0.05, 0.1) is 24.4 Å². The summed E-state index contributed by atoms with van der Waals surface area (Å²) >= 11 is 0. The van der Waals surface area contributed by atoms with E-state index in [1.54, 1.807) is 13.8 Å². The molecule has 5 heteroatoms. The lowest BCUT2D eigenvalue weighted by molar-refractivity contribution is -0.171. The number of hydrogen-bond acceptors (Lipinski definition) is 4. The Labute approximate surface area is 195 Å². The van der Waals surface area contributed by atoms with Crippen molar-refractivity contribution < 1.29 is 14.4 Å². The summed E-state index contributed by atoms with van der Waals surface area (Å²) in [6, 6.07) is 23.8. The highest BCUT2D eigenvalue weighted by Crippen LogP contribution is 2.42. The molecular weight excluding hydrogens is 412 g/mol. The Bertz CT molecular complexity index is 1170. The van der Waals surface area contributed by atoms with Gasteiger partial charge < -0.3 is 4.74 Å². The van der Waals surface area contributed by atoms with Crippen molar-refractivity contribution >= 4 is 11.7 Å². The predicted molar refractivity (Wildman–Crippen MR) is 130 cm³/mol. The van der Waals surface area contributed by atoms with E-state index in [1.807, 2.05) is 54.6 Å². The molecule has 0 fully saturated rings. The second kappa shape index (κ2) is 9.48. The molecule has 0 bridgehead atoms. The average molecular weight is 442 g/mol. The molecule has 3 aromatic carbocycles. The summed E-state index contributed by atoms with van der Waals surface area (Å²) in [6.45, 7) is 9.68. The molecular formula is C28H29N2O3. The van der Waals surface area contributed by atoms with Gasteiger partial charge in [-0.25, -0.2) is 9.63 Å². The fourth-order valence-electron chi connectivity index (χ4n) is 3.59. The molecule has 3 rings (SSSR count). The minimum Gasteiger partial charge on any atom is -0.467 e. The number of rotatable bonds is 6. The first-order valence-electron chi connectivity index (χ1n) is 10.8. The van der Waals surface area contributed by atoms with Crippen molar-refractivity contribution in [2.24, 2.45) is 0 Å². The van der Waals surface area contributed by atoms with Crippen LogP contribution in [0.3, 0.4) is 0 Å². The van der Waals surface area contributed by atoms with E-state index in [1.165, 1.54) is 7.11 Å². The van der Waals surface area contributed by atoms with E-state index < -0.39 is 11.6 Å². The SMILES string of the molecule is COC(=O)C(C)(C)O[N]c1cc(-c2ccccc2)c(-c2ccc(C#N)cc2)c(C(C)(C)C)c1. The third-order valence-electron chi connectivity index (χ3n) is 5.37. The number of nitrogens with zero attached hydrogens (tertiary/aromatic N) is 2. The molecule has 1 radical (unpaired) electrons. The zero-order chi connectivity index (χ0) is 24.2. The van der Waals surface area contributed by atoms with Crippen molar-refractivity contribution in [3.8, 4) is 28.3 Å². The van der Waals surface area contributed by atoms with Crippen molar-refractivity contribution in [3.63, 3.8) is 0 Å². The lowest BCUT2D eigenvalue weighted by atomic mass is 9.78. The number of carbonyl (C=O) groups excluding carboxylic acids is 1. The van der Waals surface area contributed by atoms with Crippen LogP contribution in [-0.4, -0.2) is 18.7 Å². The summed E-state index contributed by atoms with van der Waals surface area (Å²) in [5.41, 5.74) is 9.31. The van der Waals surface area contributed by atoms with Crippen LogP contribution in [0, 0.1) is 11.3 Å². The summed E-state index contributed by atoms with van der Waals surface area (Å²) in [4.78, 5) is 17.6. The van der Waals surface area contributed by atoms with E-state index >= 15 is 0 Å². The highest BCUT2D eigenvalue weighted by atomic mass is 16.7. The Hall–Kier alpha value is -3.62. The first-order chi connectivity index (χ1) is 15.6. The third kappa shape index (κ3) is 5.42. The number of methoxy groups -OCH3 is 1. The Balaban J connectivity index is 2.21. The molecule has 0 saturated carbocycles. The van der Waals surface area contributed by atoms with Crippen molar-refractivity contribution in [1.82, 2.24) is 5.48 Å². The van der Waals surface area contributed by atoms with Gasteiger partial charge in [0.1, 0.15) is 0 Å². The van der Waals surface area contributed by atoms with Crippen molar-refractivity contribution in [2.45, 2.75) is 45.6 Å². The van der Waals surface area contributed by atoms with E-state index in [4.69, 9.17) is 9.57 Å². The molecule has 0 aromatic heterocycles. The molecule has 0 aliphatic carbocycles. The molecule has 169 valence electrons. The second-order valence-electron chi connectivity index (χ2n) is 9.41. The Morgan fingerprint density at radius 3 is 2.09 bits per heavy atom. The normalized spacial score (nSPS) is 11.5. The monoisotopic (exact) mass is 441 g/mol. The largest absolute Gasteiger partial charge is 0.467 e. The molecule has 0 N–H and O–H groups in total. The number of ether oxygens (including phenoxy) is 1. The van der Waals surface area contributed by atoms with Crippen LogP contribution in [0.25, 0.3) is 22.3 Å². The highest BCUT2D eigenvalue weighted by molar-refractivity contribution is 5.88. The van der Waals surface area contributed by atoms with Crippen LogP contribution in [0.1, 0.15) is 45.7 Å². The number of benzene rings is 3. The first kappa shape index (κ1) is 24.0. The highest BCUT2D eigenvalue weighted by Gasteiger charge is 2.32. The summed E-state index contributed by atoms with van der Waals surface area (Å²) in [7, 11) is 1.32. The molecule has 3 aromatic rings. The Morgan fingerprint density at radius 1 is 0.909 bits per heavy atom. The minimum absolute atomic E-state index is 0.212. The Morgan fingerprint density at radius 2 is 1.55 bits per heavy atom. The summed E-state index contributed by atoms with van der Waals surface area (Å²) in [5, 5.41) is 9.22. The van der Waals surface area contributed by atoms with Gasteiger partial charge >= 0.3 is 5.97 Å². The topological polar surface area (TPSA) is 73.4 Å². The van der Waals surface area contributed by atoms with Crippen molar-refractivity contribution in [1.29, 1.82) is 5.26 Å². The van der Waals surface area contributed by atoms with Crippen LogP contribution in [-0.2, 0) is 19.8 Å². The standard InChI is InChI=1S/C28H29N2O3/c1-27(2,3)24-17-22(30-33-28(4,5)26(31)32-6)16-23(20-10-8-7-9-11-20)25(24)21-14-12-19(18-29)13-15-21/h7-17H,1-6H3. The summed E-state index contributed by atoms with van der Waals surface area (Å²) < 4.78 is 4.82. The smallest absolute Gasteiger partial charge is 0.340 e. The fraction of sp³-hybridized carbons (Fsp3) is 0.286. The van der Waals surface area contributed by atoms with E-state index in [9.17, 15) is 10.1 Å². The molecule has 0 atom stereocenters. The first-order valence-corrected chi connectivity index (χ1v) is 10.8. The van der Waals surface area contributed by atoms with E-state index in [0.717, 1.165) is 27.8 Å². The van der Waals surface area contributed by atoms with Crippen LogP contribution < -0.4 is 5.48 Å². The summed E-state index contributed by atoms with van der Waals surface area (Å²) in [6.07, 6.45) is 0. The Kier molecular flexibility index (Phi) is 6.90. The maximum Gasteiger partial charge on any atom is 0.340 e. The maximum absolute atomic E-state index is 12.0. The van der Waals surface area contributed by atoms with Gasteiger partial charge in [0, 0.05) is 0 Å². The molecule has 33 heavy (non-hydrogen) atoms. The molecule has 0 unspecified atom stereocenters. The number of nitriles is 1. The molecule has 0 heterocycles. The second-order valence-corrected chi connectivity index (χ2v) is 9.41. The van der Waals surface area contributed by atoms with Gasteiger partial charge in [0.2, 0.25) is 0 Å². The lowest BCUT2D eigenvalue weighted by Gasteiger charge is -2.27. The fourth-order valence-corrected chi connectivity index (χ4v) is 3.59. The van der Waals surface area contributed by atoms with Crippen LogP contribution in [0.2, 0.25) is 0 Å². The quantitative estimate of drug-likeness (QED) is 0.332. The molecule has 0 spiro atoms.